The maximum Gasteiger partial charge on any atom is 0.226 e. The van der Waals surface area contributed by atoms with Crippen LogP contribution in [0, 0.1) is 18.3 Å². The molecule has 0 aliphatic carbocycles. The number of nitrogens with zero attached hydrogens (tertiary/aromatic N) is 4. The summed E-state index contributed by atoms with van der Waals surface area (Å²) in [6.07, 6.45) is 5.36. The Morgan fingerprint density at radius 1 is 1.17 bits per heavy atom. The lowest BCUT2D eigenvalue weighted by molar-refractivity contribution is 0.572. The Bertz CT molecular complexity index is 833. The lowest BCUT2D eigenvalue weighted by atomic mass is 10.1. The molecule has 3 aromatic rings. The van der Waals surface area contributed by atoms with Crippen LogP contribution in [0.25, 0.3) is 11.5 Å². The summed E-state index contributed by atoms with van der Waals surface area (Å²) in [5, 5.41) is 12.1. The molecule has 0 fully saturated rings. The van der Waals surface area contributed by atoms with Gasteiger partial charge in [-0.25, -0.2) is 15.0 Å². The number of aryl methyl sites for hydroxylation is 1. The molecule has 3 rings (SSSR count). The number of hydrogen-bond acceptors (Lipinski definition) is 6. The Balaban J connectivity index is 1.61. The van der Waals surface area contributed by atoms with Crippen molar-refractivity contribution in [1.29, 1.82) is 5.26 Å². The van der Waals surface area contributed by atoms with Crippen LogP contribution in [0.15, 0.2) is 47.3 Å². The predicted molar refractivity (Wildman–Crippen MR) is 85.6 cm³/mol. The molecule has 23 heavy (non-hydrogen) atoms. The standard InChI is InChI=1S/C17H15N5O/c1-12-2-4-13(5-3-12)17-22-14(11-23-17)6-7-20-16-15(10-18)19-8-9-21-16/h2-5,8-9,11H,6-7H2,1H3,(H,20,21). The summed E-state index contributed by atoms with van der Waals surface area (Å²) < 4.78 is 5.52. The van der Waals surface area contributed by atoms with Crippen molar-refractivity contribution >= 4 is 5.82 Å². The van der Waals surface area contributed by atoms with Gasteiger partial charge < -0.3 is 9.73 Å². The summed E-state index contributed by atoms with van der Waals surface area (Å²) in [6.45, 7) is 2.63. The van der Waals surface area contributed by atoms with Crippen molar-refractivity contribution in [2.45, 2.75) is 13.3 Å². The molecule has 0 amide bonds. The third-order valence-corrected chi connectivity index (χ3v) is 3.33. The number of nitrogens with one attached hydrogen (secondary N) is 1. The molecule has 6 heteroatoms. The fourth-order valence-electron chi connectivity index (χ4n) is 2.11. The minimum Gasteiger partial charge on any atom is -0.444 e. The van der Waals surface area contributed by atoms with Crippen molar-refractivity contribution in [2.24, 2.45) is 0 Å². The first-order chi connectivity index (χ1) is 11.3. The number of anilines is 1. The number of nitriles is 1. The Morgan fingerprint density at radius 2 is 1.96 bits per heavy atom. The SMILES string of the molecule is Cc1ccc(-c2nc(CCNc3nccnc3C#N)co2)cc1. The Morgan fingerprint density at radius 3 is 2.74 bits per heavy atom. The van der Waals surface area contributed by atoms with Crippen molar-refractivity contribution in [3.05, 3.63) is 59.9 Å². The van der Waals surface area contributed by atoms with E-state index in [-0.39, 0.29) is 5.69 Å². The minimum atomic E-state index is 0.285. The number of oxazole rings is 1. The first kappa shape index (κ1) is 14.7. The van der Waals surface area contributed by atoms with Crippen molar-refractivity contribution < 1.29 is 4.42 Å². The summed E-state index contributed by atoms with van der Waals surface area (Å²) in [7, 11) is 0. The van der Waals surface area contributed by atoms with E-state index in [4.69, 9.17) is 9.68 Å². The Hall–Kier alpha value is -3.20. The highest BCUT2D eigenvalue weighted by atomic mass is 16.3. The number of benzene rings is 1. The molecular formula is C17H15N5O. The number of hydrogen-bond donors (Lipinski definition) is 1. The fraction of sp³-hybridized carbons (Fsp3) is 0.176. The molecule has 0 spiro atoms. The molecule has 0 atom stereocenters. The normalized spacial score (nSPS) is 10.3. The van der Waals surface area contributed by atoms with Crippen molar-refractivity contribution in [1.82, 2.24) is 15.0 Å². The minimum absolute atomic E-state index is 0.285. The lowest BCUT2D eigenvalue weighted by Gasteiger charge is -2.04. The van der Waals surface area contributed by atoms with Crippen LogP contribution < -0.4 is 5.32 Å². The molecule has 0 saturated heterocycles. The Kier molecular flexibility index (Phi) is 4.29. The molecule has 2 heterocycles. The average Bonchev–Trinajstić information content (AvgIpc) is 3.05. The maximum absolute atomic E-state index is 8.96. The van der Waals surface area contributed by atoms with Gasteiger partial charge in [0.25, 0.3) is 0 Å². The van der Waals surface area contributed by atoms with Gasteiger partial charge in [-0.3, -0.25) is 0 Å². The second-order valence-electron chi connectivity index (χ2n) is 5.05. The van der Waals surface area contributed by atoms with Crippen LogP contribution in [-0.4, -0.2) is 21.5 Å². The maximum atomic E-state index is 8.96. The topological polar surface area (TPSA) is 87.6 Å². The van der Waals surface area contributed by atoms with Crippen molar-refractivity contribution in [3.63, 3.8) is 0 Å². The summed E-state index contributed by atoms with van der Waals surface area (Å²) >= 11 is 0. The van der Waals surface area contributed by atoms with Crippen LogP contribution >= 0.6 is 0 Å². The zero-order valence-electron chi connectivity index (χ0n) is 12.7. The van der Waals surface area contributed by atoms with Crippen LogP contribution in [0.3, 0.4) is 0 Å². The van der Waals surface area contributed by atoms with Crippen LogP contribution in [0.5, 0.6) is 0 Å². The number of rotatable bonds is 5. The van der Waals surface area contributed by atoms with E-state index in [1.54, 1.807) is 12.5 Å². The van der Waals surface area contributed by atoms with Gasteiger partial charge >= 0.3 is 0 Å². The van der Waals surface area contributed by atoms with E-state index in [0.29, 0.717) is 24.7 Å². The van der Waals surface area contributed by atoms with E-state index in [1.165, 1.54) is 11.8 Å². The van der Waals surface area contributed by atoms with Crippen LogP contribution in [0.1, 0.15) is 17.0 Å². The smallest absolute Gasteiger partial charge is 0.226 e. The average molecular weight is 305 g/mol. The first-order valence-corrected chi connectivity index (χ1v) is 7.22. The Labute approximate surface area is 133 Å². The highest BCUT2D eigenvalue weighted by Gasteiger charge is 2.07. The highest BCUT2D eigenvalue weighted by molar-refractivity contribution is 5.53. The summed E-state index contributed by atoms with van der Waals surface area (Å²) in [4.78, 5) is 12.5. The molecule has 1 N–H and O–H groups in total. The molecule has 2 aromatic heterocycles. The molecule has 0 bridgehead atoms. The molecule has 0 unspecified atom stereocenters. The number of aromatic nitrogens is 3. The molecular weight excluding hydrogens is 290 g/mol. The zero-order chi connectivity index (χ0) is 16.1. The monoisotopic (exact) mass is 305 g/mol. The van der Waals surface area contributed by atoms with Gasteiger partial charge in [0.15, 0.2) is 11.5 Å². The molecule has 0 aliphatic rings. The largest absolute Gasteiger partial charge is 0.444 e. The van der Waals surface area contributed by atoms with E-state index in [9.17, 15) is 0 Å². The van der Waals surface area contributed by atoms with E-state index >= 15 is 0 Å². The zero-order valence-corrected chi connectivity index (χ0v) is 12.7. The molecule has 114 valence electrons. The third-order valence-electron chi connectivity index (χ3n) is 3.33. The van der Waals surface area contributed by atoms with E-state index in [1.807, 2.05) is 37.3 Å². The summed E-state index contributed by atoms with van der Waals surface area (Å²) in [6, 6.07) is 10.0. The fourth-order valence-corrected chi connectivity index (χ4v) is 2.11. The van der Waals surface area contributed by atoms with Gasteiger partial charge in [-0.2, -0.15) is 5.26 Å². The van der Waals surface area contributed by atoms with Gasteiger partial charge in [0.05, 0.1) is 5.69 Å². The van der Waals surface area contributed by atoms with Crippen LogP contribution in [0.4, 0.5) is 5.82 Å². The predicted octanol–water partition coefficient (Wildman–Crippen LogP) is 2.97. The van der Waals surface area contributed by atoms with Crippen molar-refractivity contribution in [3.8, 4) is 17.5 Å². The molecule has 0 saturated carbocycles. The van der Waals surface area contributed by atoms with Crippen LogP contribution in [0.2, 0.25) is 0 Å². The molecule has 0 radical (unpaired) electrons. The summed E-state index contributed by atoms with van der Waals surface area (Å²) in [5.74, 6) is 1.09. The first-order valence-electron chi connectivity index (χ1n) is 7.22. The molecule has 1 aromatic carbocycles. The van der Waals surface area contributed by atoms with Gasteiger partial charge in [0, 0.05) is 30.9 Å². The molecule has 0 aliphatic heterocycles. The van der Waals surface area contributed by atoms with Gasteiger partial charge in [-0.05, 0) is 19.1 Å². The lowest BCUT2D eigenvalue weighted by Crippen LogP contribution is -2.08. The van der Waals surface area contributed by atoms with Gasteiger partial charge in [-0.15, -0.1) is 0 Å². The van der Waals surface area contributed by atoms with E-state index in [0.717, 1.165) is 11.3 Å². The van der Waals surface area contributed by atoms with Crippen LogP contribution in [-0.2, 0) is 6.42 Å². The quantitative estimate of drug-likeness (QED) is 0.779. The van der Waals surface area contributed by atoms with E-state index < -0.39 is 0 Å². The van der Waals surface area contributed by atoms with Crippen molar-refractivity contribution in [2.75, 3.05) is 11.9 Å². The third kappa shape index (κ3) is 3.52. The van der Waals surface area contributed by atoms with E-state index in [2.05, 4.69) is 20.3 Å². The van der Waals surface area contributed by atoms with Gasteiger partial charge in [0.1, 0.15) is 12.3 Å². The second-order valence-corrected chi connectivity index (χ2v) is 5.05. The van der Waals surface area contributed by atoms with Gasteiger partial charge in [0.2, 0.25) is 5.89 Å². The highest BCUT2D eigenvalue weighted by Crippen LogP contribution is 2.19. The summed E-state index contributed by atoms with van der Waals surface area (Å²) in [5.41, 5.74) is 3.28. The second kappa shape index (κ2) is 6.71. The van der Waals surface area contributed by atoms with Gasteiger partial charge in [-0.1, -0.05) is 17.7 Å². The molecule has 6 nitrogen and oxygen atoms in total.